The van der Waals surface area contributed by atoms with Crippen LogP contribution in [0.3, 0.4) is 0 Å². The Hall–Kier alpha value is -1.07. The first kappa shape index (κ1) is 16.3. The summed E-state index contributed by atoms with van der Waals surface area (Å²) in [7, 11) is 0. The van der Waals surface area contributed by atoms with Crippen LogP contribution in [-0.4, -0.2) is 24.0 Å². The van der Waals surface area contributed by atoms with Gasteiger partial charge in [0.2, 0.25) is 0 Å². The van der Waals surface area contributed by atoms with Gasteiger partial charge in [-0.1, -0.05) is 38.0 Å². The summed E-state index contributed by atoms with van der Waals surface area (Å²) in [5.74, 6) is 0. The van der Waals surface area contributed by atoms with Gasteiger partial charge in [0.1, 0.15) is 0 Å². The lowest BCUT2D eigenvalue weighted by atomic mass is 9.99. The number of rotatable bonds is 5. The summed E-state index contributed by atoms with van der Waals surface area (Å²) in [5, 5.41) is 0. The van der Waals surface area contributed by atoms with Gasteiger partial charge in [0.25, 0.3) is 0 Å². The summed E-state index contributed by atoms with van der Waals surface area (Å²) < 4.78 is 39.2. The number of hydrogen-bond acceptors (Lipinski definition) is 2. The fourth-order valence-electron chi connectivity index (χ4n) is 3.24. The Kier molecular flexibility index (Phi) is 5.27. The van der Waals surface area contributed by atoms with Crippen molar-refractivity contribution in [2.45, 2.75) is 50.9 Å². The first-order valence-corrected chi connectivity index (χ1v) is 7.59. The monoisotopic (exact) mass is 300 g/mol. The maximum Gasteiger partial charge on any atom is 0.416 e. The van der Waals surface area contributed by atoms with Crippen molar-refractivity contribution >= 4 is 0 Å². The largest absolute Gasteiger partial charge is 0.416 e. The summed E-state index contributed by atoms with van der Waals surface area (Å²) in [6.45, 7) is 3.35. The van der Waals surface area contributed by atoms with Crippen LogP contribution in [0.4, 0.5) is 13.2 Å². The molecular weight excluding hydrogens is 277 g/mol. The normalized spacial score (nSPS) is 18.4. The Morgan fingerprint density at radius 1 is 1.24 bits per heavy atom. The lowest BCUT2D eigenvalue weighted by Gasteiger charge is -2.31. The van der Waals surface area contributed by atoms with Gasteiger partial charge in [-0.15, -0.1) is 0 Å². The van der Waals surface area contributed by atoms with Crippen LogP contribution < -0.4 is 5.73 Å². The van der Waals surface area contributed by atoms with Crippen LogP contribution in [0.1, 0.15) is 49.8 Å². The van der Waals surface area contributed by atoms with Crippen LogP contribution in [0.25, 0.3) is 0 Å². The van der Waals surface area contributed by atoms with Crippen molar-refractivity contribution in [1.82, 2.24) is 4.90 Å². The molecule has 0 bridgehead atoms. The molecule has 1 aromatic rings. The maximum atomic E-state index is 13.1. The van der Waals surface area contributed by atoms with Gasteiger partial charge >= 0.3 is 6.18 Å². The minimum absolute atomic E-state index is 0.196. The zero-order chi connectivity index (χ0) is 15.5. The van der Waals surface area contributed by atoms with Crippen LogP contribution in [0.2, 0.25) is 0 Å². The van der Waals surface area contributed by atoms with Gasteiger partial charge < -0.3 is 5.73 Å². The first-order chi connectivity index (χ1) is 9.93. The van der Waals surface area contributed by atoms with Gasteiger partial charge in [0.05, 0.1) is 5.56 Å². The highest BCUT2D eigenvalue weighted by Crippen LogP contribution is 2.34. The average Bonchev–Trinajstić information content (AvgIpc) is 2.97. The SMILES string of the molecule is CCN(CC(N)c1ccccc1C(F)(F)F)C1CCCC1. The molecule has 0 spiro atoms. The highest BCUT2D eigenvalue weighted by molar-refractivity contribution is 5.32. The number of alkyl halides is 3. The average molecular weight is 300 g/mol. The van der Waals surface area contributed by atoms with E-state index in [-0.39, 0.29) is 5.56 Å². The van der Waals surface area contributed by atoms with Crippen LogP contribution in [0.5, 0.6) is 0 Å². The molecule has 5 heteroatoms. The van der Waals surface area contributed by atoms with Crippen molar-refractivity contribution in [2.75, 3.05) is 13.1 Å². The van der Waals surface area contributed by atoms with E-state index in [9.17, 15) is 13.2 Å². The van der Waals surface area contributed by atoms with E-state index < -0.39 is 17.8 Å². The molecule has 1 aliphatic rings. The third kappa shape index (κ3) is 3.98. The summed E-state index contributed by atoms with van der Waals surface area (Å²) in [5.41, 5.74) is 5.68. The Bertz CT molecular complexity index is 453. The van der Waals surface area contributed by atoms with Crippen LogP contribution >= 0.6 is 0 Å². The van der Waals surface area contributed by atoms with Crippen molar-refractivity contribution in [3.63, 3.8) is 0 Å². The third-order valence-corrected chi connectivity index (χ3v) is 4.34. The quantitative estimate of drug-likeness (QED) is 0.891. The van der Waals surface area contributed by atoms with Crippen molar-refractivity contribution in [1.29, 1.82) is 0 Å². The molecule has 0 amide bonds. The lowest BCUT2D eigenvalue weighted by molar-refractivity contribution is -0.138. The highest BCUT2D eigenvalue weighted by atomic mass is 19.4. The van der Waals surface area contributed by atoms with Crippen molar-refractivity contribution in [3.05, 3.63) is 35.4 Å². The third-order valence-electron chi connectivity index (χ3n) is 4.34. The second-order valence-electron chi connectivity index (χ2n) is 5.72. The molecule has 2 N–H and O–H groups in total. The van der Waals surface area contributed by atoms with E-state index in [0.717, 1.165) is 25.5 Å². The molecule has 0 aromatic heterocycles. The summed E-state index contributed by atoms with van der Waals surface area (Å²) in [4.78, 5) is 2.23. The molecule has 1 unspecified atom stereocenters. The predicted molar refractivity (Wildman–Crippen MR) is 77.9 cm³/mol. The topological polar surface area (TPSA) is 29.3 Å². The molecule has 2 nitrogen and oxygen atoms in total. The molecule has 1 saturated carbocycles. The summed E-state index contributed by atoms with van der Waals surface area (Å²) in [6, 6.07) is 5.50. The molecule has 1 aliphatic carbocycles. The number of benzene rings is 1. The second kappa shape index (κ2) is 6.79. The fourth-order valence-corrected chi connectivity index (χ4v) is 3.24. The van der Waals surface area contributed by atoms with Gasteiger partial charge in [-0.05, 0) is 31.0 Å². The Morgan fingerprint density at radius 2 is 1.86 bits per heavy atom. The van der Waals surface area contributed by atoms with Gasteiger partial charge in [0, 0.05) is 18.6 Å². The van der Waals surface area contributed by atoms with Crippen LogP contribution in [0.15, 0.2) is 24.3 Å². The molecule has 2 rings (SSSR count). The standard InChI is InChI=1S/C16H23F3N2/c1-2-21(12-7-3-4-8-12)11-15(20)13-9-5-6-10-14(13)16(17,18)19/h5-6,9-10,12,15H,2-4,7-8,11,20H2,1H3. The van der Waals surface area contributed by atoms with Gasteiger partial charge in [-0.25, -0.2) is 0 Å². The van der Waals surface area contributed by atoms with Gasteiger partial charge in [-0.3, -0.25) is 4.90 Å². The van der Waals surface area contributed by atoms with E-state index in [0.29, 0.717) is 12.6 Å². The van der Waals surface area contributed by atoms with Crippen molar-refractivity contribution in [2.24, 2.45) is 5.73 Å². The summed E-state index contributed by atoms with van der Waals surface area (Å²) >= 11 is 0. The molecule has 0 saturated heterocycles. The van der Waals surface area contributed by atoms with Crippen LogP contribution in [-0.2, 0) is 6.18 Å². The van der Waals surface area contributed by atoms with E-state index in [1.807, 2.05) is 6.92 Å². The zero-order valence-corrected chi connectivity index (χ0v) is 12.4. The molecule has 1 aromatic carbocycles. The molecule has 0 aliphatic heterocycles. The van der Waals surface area contributed by atoms with Crippen LogP contribution in [0, 0.1) is 0 Å². The van der Waals surface area contributed by atoms with E-state index in [2.05, 4.69) is 4.90 Å². The summed E-state index contributed by atoms with van der Waals surface area (Å²) in [6.07, 6.45) is 0.312. The molecule has 1 fully saturated rings. The Morgan fingerprint density at radius 3 is 2.43 bits per heavy atom. The number of halogens is 3. The maximum absolute atomic E-state index is 13.1. The zero-order valence-electron chi connectivity index (χ0n) is 12.4. The Labute approximate surface area is 124 Å². The minimum atomic E-state index is -4.35. The van der Waals surface area contributed by atoms with Crippen molar-refractivity contribution < 1.29 is 13.2 Å². The van der Waals surface area contributed by atoms with Gasteiger partial charge in [0.15, 0.2) is 0 Å². The minimum Gasteiger partial charge on any atom is -0.323 e. The first-order valence-electron chi connectivity index (χ1n) is 7.59. The second-order valence-corrected chi connectivity index (χ2v) is 5.72. The lowest BCUT2D eigenvalue weighted by Crippen LogP contribution is -2.39. The van der Waals surface area contributed by atoms with E-state index in [4.69, 9.17) is 5.73 Å². The number of nitrogens with two attached hydrogens (primary N) is 1. The molecule has 0 heterocycles. The number of hydrogen-bond donors (Lipinski definition) is 1. The van der Waals surface area contributed by atoms with E-state index >= 15 is 0 Å². The molecule has 1 atom stereocenters. The molecule has 118 valence electrons. The predicted octanol–water partition coefficient (Wildman–Crippen LogP) is 3.97. The van der Waals surface area contributed by atoms with E-state index in [1.54, 1.807) is 6.07 Å². The number of nitrogens with zero attached hydrogens (tertiary/aromatic N) is 1. The van der Waals surface area contributed by atoms with Crippen molar-refractivity contribution in [3.8, 4) is 0 Å². The highest BCUT2D eigenvalue weighted by Gasteiger charge is 2.35. The van der Waals surface area contributed by atoms with E-state index in [1.165, 1.54) is 25.0 Å². The Balaban J connectivity index is 2.14. The molecule has 21 heavy (non-hydrogen) atoms. The fraction of sp³-hybridized carbons (Fsp3) is 0.625. The molecular formula is C16H23F3N2. The molecule has 0 radical (unpaired) electrons. The van der Waals surface area contributed by atoms with Gasteiger partial charge in [-0.2, -0.15) is 13.2 Å². The smallest absolute Gasteiger partial charge is 0.323 e. The number of likely N-dealkylation sites (N-methyl/N-ethyl adjacent to an activating group) is 1.